The van der Waals surface area contributed by atoms with Gasteiger partial charge < -0.3 is 4.90 Å². The molecule has 1 unspecified atom stereocenters. The molecule has 1 aromatic rings. The highest BCUT2D eigenvalue weighted by molar-refractivity contribution is 6.04. The Morgan fingerprint density at radius 2 is 1.94 bits per heavy atom. The van der Waals surface area contributed by atoms with E-state index < -0.39 is 0 Å². The summed E-state index contributed by atoms with van der Waals surface area (Å²) >= 11 is 0. The Bertz CT molecular complexity index is 471. The Kier molecular flexibility index (Phi) is 2.77. The molecule has 1 aromatic carbocycles. The van der Waals surface area contributed by atoms with Crippen LogP contribution >= 0.6 is 0 Å². The van der Waals surface area contributed by atoms with E-state index in [2.05, 4.69) is 30.7 Å². The molecule has 0 saturated carbocycles. The molecule has 3 nitrogen and oxygen atoms in total. The maximum atomic E-state index is 11.7. The molecule has 90 valence electrons. The van der Waals surface area contributed by atoms with Gasteiger partial charge in [-0.2, -0.15) is 0 Å². The number of hydrogen-bond donors (Lipinski definition) is 0. The molecule has 0 fully saturated rings. The van der Waals surface area contributed by atoms with Gasteiger partial charge in [0.2, 0.25) is 0 Å². The summed E-state index contributed by atoms with van der Waals surface area (Å²) in [4.78, 5) is 18.2. The zero-order valence-corrected chi connectivity index (χ0v) is 10.8. The summed E-state index contributed by atoms with van der Waals surface area (Å²) in [6, 6.07) is 7.68. The van der Waals surface area contributed by atoms with Crippen molar-refractivity contribution < 1.29 is 4.79 Å². The van der Waals surface area contributed by atoms with Crippen molar-refractivity contribution >= 4 is 23.4 Å². The summed E-state index contributed by atoms with van der Waals surface area (Å²) in [5.74, 6) is 0.123. The van der Waals surface area contributed by atoms with E-state index in [4.69, 9.17) is 0 Å². The molecule has 3 heteroatoms. The highest BCUT2D eigenvalue weighted by atomic mass is 16.1. The van der Waals surface area contributed by atoms with E-state index in [1.54, 1.807) is 13.1 Å². The molecule has 2 rings (SSSR count). The first-order valence-corrected chi connectivity index (χ1v) is 5.84. The average Bonchev–Trinajstić information content (AvgIpc) is 2.26. The Hall–Kier alpha value is -1.64. The van der Waals surface area contributed by atoms with Crippen molar-refractivity contribution in [1.29, 1.82) is 0 Å². The van der Waals surface area contributed by atoms with Gasteiger partial charge in [0.1, 0.15) is 6.04 Å². The number of fused-ring (bicyclic) bond motifs is 1. The van der Waals surface area contributed by atoms with Crippen LogP contribution in [0, 0.1) is 0 Å². The van der Waals surface area contributed by atoms with Crippen LogP contribution in [0.1, 0.15) is 27.7 Å². The maximum Gasteiger partial charge on any atom is 0.157 e. The number of nitrogens with zero attached hydrogens (tertiary/aromatic N) is 2. The van der Waals surface area contributed by atoms with E-state index in [1.807, 2.05) is 24.3 Å². The smallest absolute Gasteiger partial charge is 0.157 e. The average molecular weight is 230 g/mol. The summed E-state index contributed by atoms with van der Waals surface area (Å²) in [7, 11) is 0. The van der Waals surface area contributed by atoms with Crippen LogP contribution < -0.4 is 4.90 Å². The molecular weight excluding hydrogens is 212 g/mol. The minimum atomic E-state index is -0.259. The number of rotatable bonds is 1. The second kappa shape index (κ2) is 3.99. The lowest BCUT2D eigenvalue weighted by atomic mass is 9.98. The molecule has 17 heavy (non-hydrogen) atoms. The number of carbonyl (C=O) groups excluding carboxylic acids is 1. The largest absolute Gasteiger partial charge is 0.350 e. The van der Waals surface area contributed by atoms with Crippen LogP contribution in [0.25, 0.3) is 0 Å². The van der Waals surface area contributed by atoms with Crippen molar-refractivity contribution in [3.05, 3.63) is 24.3 Å². The minimum Gasteiger partial charge on any atom is -0.350 e. The number of hydrogen-bond acceptors (Lipinski definition) is 3. The van der Waals surface area contributed by atoms with Gasteiger partial charge in [0.05, 0.1) is 11.4 Å². The van der Waals surface area contributed by atoms with Gasteiger partial charge in [-0.3, -0.25) is 9.79 Å². The number of benzene rings is 1. The monoisotopic (exact) mass is 230 g/mol. The van der Waals surface area contributed by atoms with E-state index in [-0.39, 0.29) is 17.4 Å². The number of carbonyl (C=O) groups is 1. The van der Waals surface area contributed by atoms with Crippen molar-refractivity contribution in [1.82, 2.24) is 0 Å². The van der Waals surface area contributed by atoms with E-state index in [1.165, 1.54) is 0 Å². The quantitative estimate of drug-likeness (QED) is 0.743. The maximum absolute atomic E-state index is 11.7. The number of ketones is 1. The predicted molar refractivity (Wildman–Crippen MR) is 71.3 cm³/mol. The first-order valence-electron chi connectivity index (χ1n) is 5.84. The lowest BCUT2D eigenvalue weighted by molar-refractivity contribution is -0.117. The Morgan fingerprint density at radius 1 is 1.29 bits per heavy atom. The van der Waals surface area contributed by atoms with E-state index in [0.29, 0.717) is 0 Å². The van der Waals surface area contributed by atoms with Gasteiger partial charge in [-0.25, -0.2) is 0 Å². The summed E-state index contributed by atoms with van der Waals surface area (Å²) in [6.45, 7) is 7.94. The number of anilines is 1. The van der Waals surface area contributed by atoms with Crippen molar-refractivity contribution in [2.45, 2.75) is 39.3 Å². The van der Waals surface area contributed by atoms with Gasteiger partial charge in [-0.05, 0) is 39.8 Å². The van der Waals surface area contributed by atoms with Gasteiger partial charge in [-0.15, -0.1) is 0 Å². The van der Waals surface area contributed by atoms with Gasteiger partial charge in [0.15, 0.2) is 5.78 Å². The summed E-state index contributed by atoms with van der Waals surface area (Å²) in [6.07, 6.45) is 1.75. The molecule has 0 N–H and O–H groups in total. The molecule has 0 amide bonds. The van der Waals surface area contributed by atoms with E-state index in [9.17, 15) is 4.79 Å². The van der Waals surface area contributed by atoms with Crippen molar-refractivity contribution in [2.75, 3.05) is 4.90 Å². The highest BCUT2D eigenvalue weighted by Gasteiger charge is 2.34. The van der Waals surface area contributed by atoms with Crippen LogP contribution in [0.4, 0.5) is 11.4 Å². The zero-order chi connectivity index (χ0) is 12.6. The summed E-state index contributed by atoms with van der Waals surface area (Å²) < 4.78 is 0. The van der Waals surface area contributed by atoms with Crippen molar-refractivity contribution in [3.63, 3.8) is 0 Å². The first kappa shape index (κ1) is 11.8. The lowest BCUT2D eigenvalue weighted by Crippen LogP contribution is -2.53. The predicted octanol–water partition coefficient (Wildman–Crippen LogP) is 2.97. The molecule has 0 aliphatic carbocycles. The molecular formula is C14H18N2O. The SMILES string of the molecule is CC(=O)C1C=Nc2ccccc2N1C(C)(C)C. The van der Waals surface area contributed by atoms with Crippen molar-refractivity contribution in [3.8, 4) is 0 Å². The molecule has 0 bridgehead atoms. The van der Waals surface area contributed by atoms with E-state index in [0.717, 1.165) is 11.4 Å². The lowest BCUT2D eigenvalue weighted by Gasteiger charge is -2.43. The number of para-hydroxylation sites is 2. The van der Waals surface area contributed by atoms with Crippen LogP contribution in [-0.2, 0) is 4.79 Å². The molecule has 0 aromatic heterocycles. The van der Waals surface area contributed by atoms with Crippen LogP contribution in [0.2, 0.25) is 0 Å². The Balaban J connectivity index is 2.56. The highest BCUT2D eigenvalue weighted by Crippen LogP contribution is 2.37. The molecule has 1 atom stereocenters. The molecule has 0 radical (unpaired) electrons. The van der Waals surface area contributed by atoms with Crippen LogP contribution in [-0.4, -0.2) is 23.6 Å². The Labute approximate surface area is 102 Å². The molecule has 1 aliphatic rings. The topological polar surface area (TPSA) is 32.7 Å². The third-order valence-corrected chi connectivity index (χ3v) is 2.91. The van der Waals surface area contributed by atoms with Gasteiger partial charge in [-0.1, -0.05) is 12.1 Å². The zero-order valence-electron chi connectivity index (χ0n) is 10.8. The van der Waals surface area contributed by atoms with Gasteiger partial charge in [0, 0.05) is 11.8 Å². The third-order valence-electron chi connectivity index (χ3n) is 2.91. The van der Waals surface area contributed by atoms with Crippen LogP contribution in [0.15, 0.2) is 29.3 Å². The minimum absolute atomic E-state index is 0.112. The molecule has 0 spiro atoms. The summed E-state index contributed by atoms with van der Waals surface area (Å²) in [5, 5.41) is 0. The van der Waals surface area contributed by atoms with Crippen LogP contribution in [0.5, 0.6) is 0 Å². The number of aliphatic imine (C=N–C) groups is 1. The first-order chi connectivity index (χ1) is 7.91. The van der Waals surface area contributed by atoms with Crippen molar-refractivity contribution in [2.24, 2.45) is 4.99 Å². The fourth-order valence-corrected chi connectivity index (χ4v) is 2.21. The molecule has 1 heterocycles. The fourth-order valence-electron chi connectivity index (χ4n) is 2.21. The fraction of sp³-hybridized carbons (Fsp3) is 0.429. The molecule has 1 aliphatic heterocycles. The van der Waals surface area contributed by atoms with Crippen LogP contribution in [0.3, 0.4) is 0 Å². The number of Topliss-reactive ketones (excluding diaryl/α,β-unsaturated/α-hetero) is 1. The Morgan fingerprint density at radius 3 is 2.53 bits per heavy atom. The van der Waals surface area contributed by atoms with E-state index >= 15 is 0 Å². The second-order valence-corrected chi connectivity index (χ2v) is 5.36. The van der Waals surface area contributed by atoms with Gasteiger partial charge >= 0.3 is 0 Å². The standard InChI is InChI=1S/C14H18N2O/c1-10(17)13-9-15-11-7-5-6-8-12(11)16(13)14(2,3)4/h5-9,13H,1-4H3. The summed E-state index contributed by atoms with van der Waals surface area (Å²) in [5.41, 5.74) is 1.85. The normalized spacial score (nSPS) is 19.1. The van der Waals surface area contributed by atoms with Gasteiger partial charge in [0.25, 0.3) is 0 Å². The second-order valence-electron chi connectivity index (χ2n) is 5.36. The third kappa shape index (κ3) is 2.09. The molecule has 0 saturated heterocycles.